The van der Waals surface area contributed by atoms with Crippen molar-refractivity contribution in [3.05, 3.63) is 273 Å². The highest BCUT2D eigenvalue weighted by Gasteiger charge is 2.42. The highest BCUT2D eigenvalue weighted by atomic mass is 32.1. The molecule has 11 rings (SSSR count). The van der Waals surface area contributed by atoms with E-state index in [2.05, 4.69) is 24.0 Å². The second kappa shape index (κ2) is 52.1. The number of rotatable bonds is 27. The number of hydrogen-bond donors (Lipinski definition) is 4. The summed E-state index contributed by atoms with van der Waals surface area (Å²) in [6.45, 7) is 33.2. The number of H-pyrrole nitrogens is 1. The lowest BCUT2D eigenvalue weighted by Crippen LogP contribution is -2.54. The van der Waals surface area contributed by atoms with Crippen LogP contribution in [0.3, 0.4) is 0 Å². The topological polar surface area (TPSA) is 457 Å². The monoisotopic (exact) mass is 1910 g/mol. The Morgan fingerprint density at radius 3 is 0.985 bits per heavy atom. The van der Waals surface area contributed by atoms with E-state index in [0.29, 0.717) is 21.5 Å². The molecular weight excluding hydrogens is 1790 g/mol. The van der Waals surface area contributed by atoms with Crippen LogP contribution >= 0.6 is 34.0 Å². The molecular formula is C97H120N6O28S3. The molecule has 0 fully saturated rings. The fourth-order valence-electron chi connectivity index (χ4n) is 13.2. The van der Waals surface area contributed by atoms with Gasteiger partial charge in [-0.15, -0.1) is 34.0 Å². The summed E-state index contributed by atoms with van der Waals surface area (Å²) in [5.41, 5.74) is -5.13. The van der Waals surface area contributed by atoms with Crippen LogP contribution in [0, 0.1) is 20.8 Å². The molecule has 0 spiro atoms. The molecule has 4 N–H and O–H groups in total. The predicted octanol–water partition coefficient (Wildman–Crippen LogP) is 14.5. The molecule has 0 bridgehead atoms. The Hall–Kier alpha value is -12.6. The van der Waals surface area contributed by atoms with Crippen molar-refractivity contribution in [2.75, 3.05) is 48.3 Å². The number of ether oxygens (including phenoxy) is 9. The first-order chi connectivity index (χ1) is 63.0. The minimum atomic E-state index is -1.82. The van der Waals surface area contributed by atoms with Gasteiger partial charge >= 0.3 is 65.2 Å². The zero-order valence-corrected chi connectivity index (χ0v) is 82.2. The van der Waals surface area contributed by atoms with Gasteiger partial charge in [0.2, 0.25) is 0 Å². The van der Waals surface area contributed by atoms with Crippen molar-refractivity contribution in [3.63, 3.8) is 0 Å². The van der Waals surface area contributed by atoms with Gasteiger partial charge in [0, 0.05) is 34.0 Å². The minimum absolute atomic E-state index is 0.00798. The molecule has 0 saturated carbocycles. The molecule has 0 saturated heterocycles. The predicted molar refractivity (Wildman–Crippen MR) is 506 cm³/mol. The number of esters is 5. The number of carboxylic acid groups (broad SMARTS) is 1. The number of nitrogens with zero attached hydrogens (tertiary/aromatic N) is 5. The van der Waals surface area contributed by atoms with Gasteiger partial charge in [0.15, 0.2) is 6.29 Å². The third-order valence-electron chi connectivity index (χ3n) is 20.1. The van der Waals surface area contributed by atoms with Crippen LogP contribution in [-0.4, -0.2) is 151 Å². The van der Waals surface area contributed by atoms with E-state index < -0.39 is 116 Å². The SMILES string of the molecule is CCOC(=O)c1sc2[nH]c(=O)n(C(C)(C)C(=O)OC(C)(C)C)c(=O)c2c1C.CCOC(=O)c1sc2c(c1C)c(=O)n(C(C)(C)C(=O)O)c(=O)n2C[C@@H](OC)c1ccccc1.CCOC(=O)c1sc2c(c1C)c(=O)n(C(C)(C)C(=O)OC(C)(C)C)c(=O)n2C[C@@H](OC)c1ccccc1.CC[C@@H](O)c1ccccc1.CC[C@@H](OC)c1ccccc1.CO[C@H](O)c1ccccc1.O=C=O.O=C=O. The smallest absolute Gasteiger partial charge is 0.373 e. The molecule has 0 amide bonds. The molecule has 6 aromatic heterocycles. The molecule has 5 aromatic carbocycles. The number of aromatic nitrogens is 6. The fourth-order valence-corrected chi connectivity index (χ4v) is 16.6. The number of carbonyl (C=O) groups excluding carboxylic acids is 9. The molecule has 0 radical (unpaired) electrons. The van der Waals surface area contributed by atoms with Gasteiger partial charge in [-0.25, -0.2) is 56.9 Å². The summed E-state index contributed by atoms with van der Waals surface area (Å²) < 4.78 is 52.7. The summed E-state index contributed by atoms with van der Waals surface area (Å²) in [5.74, 6) is -4.52. The van der Waals surface area contributed by atoms with Crippen molar-refractivity contribution in [2.24, 2.45) is 0 Å². The number of methoxy groups -OCH3 is 4. The van der Waals surface area contributed by atoms with Crippen molar-refractivity contribution < 1.29 is 106 Å². The van der Waals surface area contributed by atoms with Crippen LogP contribution in [-0.2, 0) is 106 Å². The average Bonchev–Trinajstić information content (AvgIpc) is 1.57. The molecule has 34 nitrogen and oxygen atoms in total. The van der Waals surface area contributed by atoms with E-state index in [0.717, 1.165) is 82.8 Å². The van der Waals surface area contributed by atoms with E-state index in [1.165, 1.54) is 77.6 Å². The Kier molecular flexibility index (Phi) is 44.2. The summed E-state index contributed by atoms with van der Waals surface area (Å²) in [5, 5.41) is 28.6. The Balaban J connectivity index is 0.000000354. The van der Waals surface area contributed by atoms with Gasteiger partial charge in [0.05, 0.1) is 61.3 Å². The Morgan fingerprint density at radius 2 is 0.687 bits per heavy atom. The first kappa shape index (κ1) is 114. The van der Waals surface area contributed by atoms with Gasteiger partial charge in [-0.3, -0.25) is 28.5 Å². The highest BCUT2D eigenvalue weighted by Crippen LogP contribution is 2.35. The second-order valence-electron chi connectivity index (χ2n) is 32.8. The van der Waals surface area contributed by atoms with Crippen molar-refractivity contribution in [2.45, 2.75) is 223 Å². The van der Waals surface area contributed by atoms with E-state index in [9.17, 15) is 67.7 Å². The van der Waals surface area contributed by atoms with Crippen LogP contribution in [0.25, 0.3) is 30.6 Å². The van der Waals surface area contributed by atoms with Gasteiger partial charge in [0.1, 0.15) is 69.1 Å². The molecule has 6 heterocycles. The normalized spacial score (nSPS) is 12.3. The quantitative estimate of drug-likeness (QED) is 0.0211. The van der Waals surface area contributed by atoms with Gasteiger partial charge in [0.25, 0.3) is 16.7 Å². The summed E-state index contributed by atoms with van der Waals surface area (Å²) in [6.07, 6.45) is 0.397. The Morgan fingerprint density at radius 1 is 0.396 bits per heavy atom. The van der Waals surface area contributed by atoms with Crippen LogP contribution < -0.4 is 33.7 Å². The van der Waals surface area contributed by atoms with Gasteiger partial charge in [-0.2, -0.15) is 19.2 Å². The van der Waals surface area contributed by atoms with Gasteiger partial charge in [-0.1, -0.05) is 166 Å². The standard InChI is InChI=1S/C27H34N2O7S.C23H26N2O7S.C18H24N2O6S.C10H14O.C9H12O.C8H10O2.2CO2/c1-9-35-23(31)20-16(2)19-21(30)29(27(6,7)24(32)36-26(3,4)5)25(33)28(22(19)37-20)15-18(34-8)17-13-11-10-12-14-17;1-6-32-20(27)17-13(2)16-18(26)25(23(3,4)21(28)29)22(30)24(19(16)33-17)12-15(31-5)14-10-8-7-9-11-14;1-8-25-14(22)11-9(2)10-12(27-11)19-16(24)20(13(10)21)18(6,7)15(23)26-17(3,4)5;1-3-10(11-2)9-7-5-4-6-8-9;1-2-9(10)8-6-4-3-5-7-8;1-10-8(9)7-5-3-2-4-6-7;2*2-1-3/h10-14,18H,9,15H2,1-8H3;7-11,15H,6,12H2,1-5H3,(H,28,29);8H2,1-7H3,(H,19,24);4-8,10H,3H2,1-2H3;3-7,9-10H,2H2,1H3;2-6,8-9H,1H3;;/t18-;15-;;10-;9-;8-;;/m11.110../s1. The number of carbonyl (C=O) groups is 6. The van der Waals surface area contributed by atoms with Crippen molar-refractivity contribution in [1.29, 1.82) is 0 Å². The molecule has 37 heteroatoms. The number of carboxylic acids is 1. The number of aliphatic hydroxyl groups excluding tert-OH is 2. The number of aliphatic hydroxyl groups is 2. The van der Waals surface area contributed by atoms with Crippen LogP contribution in [0.15, 0.2) is 180 Å². The number of aliphatic carboxylic acids is 1. The van der Waals surface area contributed by atoms with E-state index in [1.54, 1.807) is 90.2 Å². The lowest BCUT2D eigenvalue weighted by atomic mass is 10.0. The summed E-state index contributed by atoms with van der Waals surface area (Å²) in [6, 6.07) is 47.8. The zero-order chi connectivity index (χ0) is 101. The Bertz CT molecular complexity index is 6160. The first-order valence-corrected chi connectivity index (χ1v) is 44.8. The largest absolute Gasteiger partial charge is 0.480 e. The maximum absolute atomic E-state index is 14.0. The molecule has 11 aromatic rings. The Labute approximate surface area is 786 Å². The molecule has 0 unspecified atom stereocenters. The molecule has 724 valence electrons. The number of aryl methyl sites for hydroxylation is 3. The minimum Gasteiger partial charge on any atom is -0.480 e. The van der Waals surface area contributed by atoms with Crippen molar-refractivity contribution in [3.8, 4) is 0 Å². The number of nitrogens with one attached hydrogen (secondary N) is 1. The van der Waals surface area contributed by atoms with E-state index in [4.69, 9.17) is 66.9 Å². The number of benzene rings is 5. The van der Waals surface area contributed by atoms with E-state index in [1.807, 2.05) is 146 Å². The lowest BCUT2D eigenvalue weighted by molar-refractivity contribution is -0.193. The van der Waals surface area contributed by atoms with Crippen LogP contribution in [0.2, 0.25) is 0 Å². The van der Waals surface area contributed by atoms with Crippen LogP contribution in [0.5, 0.6) is 0 Å². The van der Waals surface area contributed by atoms with Crippen molar-refractivity contribution in [1.82, 2.24) is 27.8 Å². The number of hydrogen-bond acceptors (Lipinski definition) is 30. The fraction of sp³-hybridized carbons (Fsp3) is 0.423. The van der Waals surface area contributed by atoms with E-state index >= 15 is 0 Å². The molecule has 5 atom stereocenters. The average molecular weight is 1910 g/mol. The first-order valence-electron chi connectivity index (χ1n) is 42.3. The molecule has 0 aliphatic heterocycles. The highest BCUT2D eigenvalue weighted by molar-refractivity contribution is 7.21. The maximum Gasteiger partial charge on any atom is 0.373 e. The van der Waals surface area contributed by atoms with E-state index in [-0.39, 0.29) is 97.9 Å². The van der Waals surface area contributed by atoms with Crippen molar-refractivity contribution >= 4 is 113 Å². The maximum atomic E-state index is 14.0. The summed E-state index contributed by atoms with van der Waals surface area (Å²) >= 11 is 2.97. The van der Waals surface area contributed by atoms with Gasteiger partial charge in [-0.05, 0) is 176 Å². The molecule has 0 aliphatic rings. The zero-order valence-electron chi connectivity index (χ0n) is 79.8. The second-order valence-corrected chi connectivity index (χ2v) is 35.9. The number of aromatic amines is 1. The molecule has 134 heavy (non-hydrogen) atoms. The van der Waals surface area contributed by atoms with Crippen LogP contribution in [0.1, 0.15) is 235 Å². The number of thiophene rings is 3. The summed E-state index contributed by atoms with van der Waals surface area (Å²) in [7, 11) is 6.25. The lowest BCUT2D eigenvalue weighted by Gasteiger charge is -2.30. The molecule has 0 aliphatic carbocycles. The third kappa shape index (κ3) is 29.4. The third-order valence-corrected chi connectivity index (χ3v) is 23.9. The summed E-state index contributed by atoms with van der Waals surface area (Å²) in [4.78, 5) is 192. The van der Waals surface area contributed by atoms with Gasteiger partial charge < -0.3 is 58.0 Å². The van der Waals surface area contributed by atoms with Crippen LogP contribution in [0.4, 0.5) is 0 Å². The number of fused-ring (bicyclic) bond motifs is 3.